The van der Waals surface area contributed by atoms with Gasteiger partial charge in [0.1, 0.15) is 0 Å². The Morgan fingerprint density at radius 1 is 1.38 bits per heavy atom. The zero-order valence-corrected chi connectivity index (χ0v) is 8.59. The summed E-state index contributed by atoms with van der Waals surface area (Å²) in [6, 6.07) is 5.17. The average Bonchev–Trinajstić information content (AvgIpc) is 2.30. The molecule has 0 aliphatic carbocycles. The van der Waals surface area contributed by atoms with Crippen molar-refractivity contribution in [1.29, 1.82) is 0 Å². The molecule has 16 heavy (non-hydrogen) atoms. The van der Waals surface area contributed by atoms with Gasteiger partial charge in [-0.3, -0.25) is 4.79 Å². The van der Waals surface area contributed by atoms with E-state index >= 15 is 0 Å². The van der Waals surface area contributed by atoms with E-state index < -0.39 is 0 Å². The summed E-state index contributed by atoms with van der Waals surface area (Å²) in [7, 11) is 0. The van der Waals surface area contributed by atoms with E-state index in [4.69, 9.17) is 0 Å². The van der Waals surface area contributed by atoms with E-state index in [1.165, 1.54) is 6.20 Å². The number of amides is 1. The number of nitrogens with zero attached hydrogens (tertiary/aromatic N) is 2. The van der Waals surface area contributed by atoms with Gasteiger partial charge in [0.05, 0.1) is 5.71 Å². The number of allylic oxidation sites excluding steroid dienone is 1. The van der Waals surface area contributed by atoms with Gasteiger partial charge in [0.15, 0.2) is 6.20 Å². The van der Waals surface area contributed by atoms with Crippen molar-refractivity contribution in [2.24, 2.45) is 5.10 Å². The fourth-order valence-electron chi connectivity index (χ4n) is 1.36. The molecule has 0 bridgehead atoms. The largest absolute Gasteiger partial charge is 0.618 e. The number of rotatable bonds is 2. The van der Waals surface area contributed by atoms with Crippen LogP contribution >= 0.6 is 0 Å². The molecule has 82 valence electrons. The lowest BCUT2D eigenvalue weighted by Gasteiger charge is -2.07. The van der Waals surface area contributed by atoms with E-state index in [0.717, 1.165) is 10.4 Å². The Morgan fingerprint density at radius 2 is 2.25 bits per heavy atom. The van der Waals surface area contributed by atoms with Crippen LogP contribution in [0.3, 0.4) is 0 Å². The van der Waals surface area contributed by atoms with Crippen LogP contribution in [0.1, 0.15) is 18.5 Å². The summed E-state index contributed by atoms with van der Waals surface area (Å²) in [6.07, 6.45) is 5.90. The summed E-state index contributed by atoms with van der Waals surface area (Å²) in [5.74, 6) is -0.0734. The highest BCUT2D eigenvalue weighted by atomic mass is 16.5. The van der Waals surface area contributed by atoms with Crippen molar-refractivity contribution in [1.82, 2.24) is 5.43 Å². The minimum absolute atomic E-state index is 0.0734. The standard InChI is InChI=1S/C11H11N3O2/c15-11-7-5-9(12-13-11)4-6-10-3-1-2-8-14(10)16/h1-4,6,8H,5,7H2,(H,13,15)/b6-4+. The van der Waals surface area contributed by atoms with Crippen LogP contribution in [-0.4, -0.2) is 11.6 Å². The molecule has 1 N–H and O–H groups in total. The van der Waals surface area contributed by atoms with Crippen LogP contribution in [0, 0.1) is 5.21 Å². The molecular formula is C11H11N3O2. The third kappa shape index (κ3) is 2.44. The van der Waals surface area contributed by atoms with Crippen LogP contribution in [0.4, 0.5) is 0 Å². The monoisotopic (exact) mass is 217 g/mol. The Morgan fingerprint density at radius 3 is 2.94 bits per heavy atom. The predicted molar refractivity (Wildman–Crippen MR) is 59.2 cm³/mol. The Kier molecular flexibility index (Phi) is 2.95. The average molecular weight is 217 g/mol. The van der Waals surface area contributed by atoms with Crippen molar-refractivity contribution >= 4 is 17.7 Å². The van der Waals surface area contributed by atoms with Gasteiger partial charge in [0.2, 0.25) is 11.6 Å². The Balaban J connectivity index is 2.10. The van der Waals surface area contributed by atoms with Crippen LogP contribution in [0.2, 0.25) is 0 Å². The highest BCUT2D eigenvalue weighted by Gasteiger charge is 2.09. The predicted octanol–water partition coefficient (Wildman–Crippen LogP) is 0.599. The van der Waals surface area contributed by atoms with Gasteiger partial charge in [-0.05, 0) is 12.1 Å². The fraction of sp³-hybridized carbons (Fsp3) is 0.182. The minimum Gasteiger partial charge on any atom is -0.618 e. The first kappa shape index (κ1) is 10.4. The van der Waals surface area contributed by atoms with Gasteiger partial charge in [-0.15, -0.1) is 0 Å². The number of carbonyl (C=O) groups is 1. The summed E-state index contributed by atoms with van der Waals surface area (Å²) in [5, 5.41) is 15.2. The zero-order chi connectivity index (χ0) is 11.4. The quantitative estimate of drug-likeness (QED) is 0.582. The lowest BCUT2D eigenvalue weighted by Crippen LogP contribution is -2.28. The van der Waals surface area contributed by atoms with Crippen molar-refractivity contribution in [3.8, 4) is 0 Å². The first-order chi connectivity index (χ1) is 7.75. The van der Waals surface area contributed by atoms with Gasteiger partial charge in [-0.2, -0.15) is 9.83 Å². The molecule has 2 rings (SSSR count). The van der Waals surface area contributed by atoms with Crippen molar-refractivity contribution in [2.75, 3.05) is 0 Å². The normalized spacial score (nSPS) is 16.0. The summed E-state index contributed by atoms with van der Waals surface area (Å²) in [4.78, 5) is 10.8. The molecule has 5 nitrogen and oxygen atoms in total. The third-order valence-electron chi connectivity index (χ3n) is 2.23. The Bertz CT molecular complexity index is 466. The summed E-state index contributed by atoms with van der Waals surface area (Å²) >= 11 is 0. The molecule has 0 unspecified atom stereocenters. The summed E-state index contributed by atoms with van der Waals surface area (Å²) in [5.41, 5.74) is 3.71. The SMILES string of the molecule is O=C1CCC(/C=C/c2cccc[n+]2[O-])=NN1. The number of nitrogens with one attached hydrogen (secondary N) is 1. The maximum Gasteiger partial charge on any atom is 0.240 e. The minimum atomic E-state index is -0.0734. The second-order valence-electron chi connectivity index (χ2n) is 3.42. The van der Waals surface area contributed by atoms with Gasteiger partial charge in [-0.25, -0.2) is 5.43 Å². The van der Waals surface area contributed by atoms with Crippen LogP contribution in [0.5, 0.6) is 0 Å². The van der Waals surface area contributed by atoms with E-state index in [-0.39, 0.29) is 5.91 Å². The highest BCUT2D eigenvalue weighted by Crippen LogP contribution is 2.03. The molecule has 1 amide bonds. The van der Waals surface area contributed by atoms with Crippen molar-refractivity contribution in [2.45, 2.75) is 12.8 Å². The molecule has 0 fully saturated rings. The van der Waals surface area contributed by atoms with E-state index in [1.807, 2.05) is 0 Å². The molecule has 0 saturated heterocycles. The van der Waals surface area contributed by atoms with E-state index in [1.54, 1.807) is 30.4 Å². The van der Waals surface area contributed by atoms with Gasteiger partial charge in [0.25, 0.3) is 0 Å². The number of hydrogen-bond acceptors (Lipinski definition) is 3. The molecule has 0 saturated carbocycles. The first-order valence-corrected chi connectivity index (χ1v) is 4.97. The van der Waals surface area contributed by atoms with E-state index in [9.17, 15) is 10.0 Å². The Labute approximate surface area is 92.7 Å². The summed E-state index contributed by atoms with van der Waals surface area (Å²) < 4.78 is 0.776. The molecule has 1 aromatic heterocycles. The lowest BCUT2D eigenvalue weighted by molar-refractivity contribution is -0.607. The fourth-order valence-corrected chi connectivity index (χ4v) is 1.36. The zero-order valence-electron chi connectivity index (χ0n) is 8.59. The van der Waals surface area contributed by atoms with Crippen LogP contribution in [0.15, 0.2) is 35.6 Å². The van der Waals surface area contributed by atoms with Gasteiger partial charge < -0.3 is 5.21 Å². The second kappa shape index (κ2) is 4.57. The van der Waals surface area contributed by atoms with Crippen molar-refractivity contribution in [3.05, 3.63) is 41.4 Å². The maximum atomic E-state index is 11.3. The first-order valence-electron chi connectivity index (χ1n) is 4.97. The van der Waals surface area contributed by atoms with Gasteiger partial charge in [-0.1, -0.05) is 0 Å². The molecule has 1 aliphatic rings. The van der Waals surface area contributed by atoms with Gasteiger partial charge >= 0.3 is 0 Å². The molecular weight excluding hydrogens is 206 g/mol. The summed E-state index contributed by atoms with van der Waals surface area (Å²) in [6.45, 7) is 0. The molecule has 0 atom stereocenters. The van der Waals surface area contributed by atoms with Crippen molar-refractivity contribution in [3.63, 3.8) is 0 Å². The molecule has 0 spiro atoms. The molecule has 1 aliphatic heterocycles. The topological polar surface area (TPSA) is 68.4 Å². The van der Waals surface area contributed by atoms with Crippen molar-refractivity contribution < 1.29 is 9.52 Å². The molecule has 5 heteroatoms. The number of hydrazone groups is 1. The number of carbonyl (C=O) groups excluding carboxylic acids is 1. The maximum absolute atomic E-state index is 11.3. The van der Waals surface area contributed by atoms with E-state index in [2.05, 4.69) is 10.5 Å². The lowest BCUT2D eigenvalue weighted by atomic mass is 10.1. The molecule has 2 heterocycles. The second-order valence-corrected chi connectivity index (χ2v) is 3.42. The highest BCUT2D eigenvalue weighted by molar-refractivity contribution is 6.01. The molecule has 1 aromatic rings. The van der Waals surface area contributed by atoms with Gasteiger partial charge in [0, 0.05) is 31.1 Å². The number of pyridine rings is 1. The molecule has 0 radical (unpaired) electrons. The molecule has 0 aromatic carbocycles. The smallest absolute Gasteiger partial charge is 0.240 e. The number of hydrogen-bond donors (Lipinski definition) is 1. The Hall–Kier alpha value is -2.17. The van der Waals surface area contributed by atoms with Crippen LogP contribution in [-0.2, 0) is 4.79 Å². The van der Waals surface area contributed by atoms with E-state index in [0.29, 0.717) is 18.5 Å². The number of aromatic nitrogens is 1. The third-order valence-corrected chi connectivity index (χ3v) is 2.23. The van der Waals surface area contributed by atoms with Crippen LogP contribution in [0.25, 0.3) is 6.08 Å². The van der Waals surface area contributed by atoms with Crippen LogP contribution < -0.4 is 10.2 Å².